The van der Waals surface area contributed by atoms with Crippen LogP contribution in [-0.2, 0) is 6.54 Å². The number of nitrogens with one attached hydrogen (secondary N) is 1. The molecule has 0 spiro atoms. The molecule has 1 aliphatic rings. The summed E-state index contributed by atoms with van der Waals surface area (Å²) in [6.45, 7) is 6.81. The molecule has 0 saturated carbocycles. The first kappa shape index (κ1) is 23.5. The zero-order chi connectivity index (χ0) is 24.4. The first-order chi connectivity index (χ1) is 17.0. The predicted octanol–water partition coefficient (Wildman–Crippen LogP) is 5.08. The van der Waals surface area contributed by atoms with Gasteiger partial charge >= 0.3 is 0 Å². The number of thioether (sulfide) groups is 1. The first-order valence-electron chi connectivity index (χ1n) is 12.1. The third-order valence-corrected chi connectivity index (χ3v) is 7.41. The van der Waals surface area contributed by atoms with Gasteiger partial charge in [-0.3, -0.25) is 0 Å². The Morgan fingerprint density at radius 3 is 2.49 bits per heavy atom. The Labute approximate surface area is 210 Å². The number of aliphatic hydroxyl groups excluding tert-OH is 1. The van der Waals surface area contributed by atoms with Gasteiger partial charge in [0, 0.05) is 47.4 Å². The Balaban J connectivity index is 1.43. The van der Waals surface area contributed by atoms with Crippen molar-refractivity contribution in [3.8, 4) is 5.69 Å². The minimum Gasteiger partial charge on any atom is -0.393 e. The van der Waals surface area contributed by atoms with Crippen molar-refractivity contribution in [1.29, 1.82) is 0 Å². The second kappa shape index (κ2) is 10.2. The van der Waals surface area contributed by atoms with Gasteiger partial charge in [0.2, 0.25) is 5.95 Å². The Hall–Kier alpha value is -3.23. The Bertz CT molecular complexity index is 1300. The molecule has 5 rings (SSSR count). The molecule has 2 aromatic heterocycles. The van der Waals surface area contributed by atoms with E-state index in [4.69, 9.17) is 5.73 Å². The summed E-state index contributed by atoms with van der Waals surface area (Å²) in [6.07, 6.45) is 3.47. The van der Waals surface area contributed by atoms with Gasteiger partial charge < -0.3 is 25.6 Å². The fourth-order valence-corrected chi connectivity index (χ4v) is 5.50. The van der Waals surface area contributed by atoms with E-state index in [0.717, 1.165) is 48.5 Å². The molecule has 0 radical (unpaired) electrons. The highest BCUT2D eigenvalue weighted by Gasteiger charge is 2.18. The van der Waals surface area contributed by atoms with E-state index in [-0.39, 0.29) is 12.1 Å². The zero-order valence-electron chi connectivity index (χ0n) is 20.2. The topological polar surface area (TPSA) is 92.2 Å². The van der Waals surface area contributed by atoms with E-state index in [1.165, 1.54) is 16.1 Å². The summed E-state index contributed by atoms with van der Waals surface area (Å²) < 4.78 is 2.11. The lowest BCUT2D eigenvalue weighted by Crippen LogP contribution is -2.35. The van der Waals surface area contributed by atoms with Crippen LogP contribution in [0.1, 0.15) is 32.3 Å². The standard InChI is InChI=1S/C27H32N6OS/c1-18(2)35-24-6-4-3-5-19(24)17-29-26-25-23(30-27(28)31-26)13-16-33(25)21-9-7-20(8-10-21)32-14-11-22(34)12-15-32/h3-10,13,16,18,22,34H,11-12,14-15,17H2,1-2H3,(H3,28,29,30,31). The van der Waals surface area contributed by atoms with Crippen LogP contribution in [0.5, 0.6) is 0 Å². The van der Waals surface area contributed by atoms with E-state index in [2.05, 4.69) is 87.1 Å². The van der Waals surface area contributed by atoms with Gasteiger partial charge in [-0.1, -0.05) is 32.0 Å². The van der Waals surface area contributed by atoms with Crippen LogP contribution in [0.15, 0.2) is 65.7 Å². The molecule has 3 heterocycles. The number of rotatable bonds is 7. The summed E-state index contributed by atoms with van der Waals surface area (Å²) in [5.74, 6) is 0.973. The van der Waals surface area contributed by atoms with Gasteiger partial charge in [0.15, 0.2) is 5.82 Å². The Morgan fingerprint density at radius 2 is 1.74 bits per heavy atom. The fourth-order valence-electron chi connectivity index (χ4n) is 4.55. The lowest BCUT2D eigenvalue weighted by molar-refractivity contribution is 0.145. The van der Waals surface area contributed by atoms with Gasteiger partial charge in [-0.2, -0.15) is 4.98 Å². The monoisotopic (exact) mass is 488 g/mol. The summed E-state index contributed by atoms with van der Waals surface area (Å²) in [6, 6.07) is 19.0. The maximum absolute atomic E-state index is 9.80. The van der Waals surface area contributed by atoms with E-state index in [1.807, 2.05) is 24.0 Å². The number of aromatic nitrogens is 3. The van der Waals surface area contributed by atoms with Gasteiger partial charge in [0.1, 0.15) is 5.52 Å². The van der Waals surface area contributed by atoms with Crippen molar-refractivity contribution < 1.29 is 5.11 Å². The van der Waals surface area contributed by atoms with Crippen LogP contribution >= 0.6 is 11.8 Å². The van der Waals surface area contributed by atoms with Gasteiger partial charge in [-0.15, -0.1) is 11.8 Å². The van der Waals surface area contributed by atoms with Crippen molar-refractivity contribution in [1.82, 2.24) is 14.5 Å². The number of anilines is 3. The fraction of sp³-hybridized carbons (Fsp3) is 0.333. The molecule has 35 heavy (non-hydrogen) atoms. The van der Waals surface area contributed by atoms with Gasteiger partial charge in [0.05, 0.1) is 11.6 Å². The number of hydrogen-bond acceptors (Lipinski definition) is 7. The van der Waals surface area contributed by atoms with Gasteiger partial charge in [-0.25, -0.2) is 4.98 Å². The molecular formula is C27H32N6OS. The third-order valence-electron chi connectivity index (χ3n) is 6.29. The summed E-state index contributed by atoms with van der Waals surface area (Å²) in [7, 11) is 0. The van der Waals surface area contributed by atoms with Crippen LogP contribution < -0.4 is 16.0 Å². The Morgan fingerprint density at radius 1 is 1.03 bits per heavy atom. The molecule has 2 aromatic carbocycles. The quantitative estimate of drug-likeness (QED) is 0.313. The molecule has 0 amide bonds. The number of nitrogen functional groups attached to an aromatic ring is 1. The van der Waals surface area contributed by atoms with Crippen molar-refractivity contribution >= 4 is 40.2 Å². The number of nitrogens with two attached hydrogens (primary N) is 1. The molecule has 8 heteroatoms. The van der Waals surface area contributed by atoms with Gasteiger partial charge in [-0.05, 0) is 54.8 Å². The van der Waals surface area contributed by atoms with E-state index in [1.54, 1.807) is 0 Å². The van der Waals surface area contributed by atoms with Crippen molar-refractivity contribution in [2.75, 3.05) is 29.0 Å². The number of aliphatic hydroxyl groups is 1. The average Bonchev–Trinajstić information content (AvgIpc) is 3.27. The minimum atomic E-state index is -0.175. The van der Waals surface area contributed by atoms with E-state index < -0.39 is 0 Å². The van der Waals surface area contributed by atoms with Crippen molar-refractivity contribution in [2.24, 2.45) is 0 Å². The second-order valence-corrected chi connectivity index (χ2v) is 10.8. The molecule has 182 valence electrons. The van der Waals surface area contributed by atoms with Crippen LogP contribution in [0.2, 0.25) is 0 Å². The molecule has 1 aliphatic heterocycles. The summed E-state index contributed by atoms with van der Waals surface area (Å²) in [5, 5.41) is 13.8. The highest BCUT2D eigenvalue weighted by molar-refractivity contribution is 8.00. The highest BCUT2D eigenvalue weighted by atomic mass is 32.2. The minimum absolute atomic E-state index is 0.175. The molecule has 4 N–H and O–H groups in total. The average molecular weight is 489 g/mol. The smallest absolute Gasteiger partial charge is 0.222 e. The summed E-state index contributed by atoms with van der Waals surface area (Å²) in [4.78, 5) is 12.6. The molecule has 0 atom stereocenters. The van der Waals surface area contributed by atoms with Crippen molar-refractivity contribution in [3.05, 3.63) is 66.4 Å². The Kier molecular flexibility index (Phi) is 6.83. The van der Waals surface area contributed by atoms with Crippen LogP contribution in [0.4, 0.5) is 17.5 Å². The maximum atomic E-state index is 9.80. The zero-order valence-corrected chi connectivity index (χ0v) is 21.0. The molecule has 1 fully saturated rings. The SMILES string of the molecule is CC(C)Sc1ccccc1CNc1nc(N)nc2ccn(-c3ccc(N4CCC(O)CC4)cc3)c12. The second-order valence-electron chi connectivity index (χ2n) is 9.21. The molecule has 7 nitrogen and oxygen atoms in total. The largest absolute Gasteiger partial charge is 0.393 e. The van der Waals surface area contributed by atoms with E-state index in [0.29, 0.717) is 11.8 Å². The first-order valence-corrected chi connectivity index (χ1v) is 13.0. The molecule has 0 bridgehead atoms. The number of nitrogens with zero attached hydrogens (tertiary/aromatic N) is 4. The van der Waals surface area contributed by atoms with Gasteiger partial charge in [0.25, 0.3) is 0 Å². The molecule has 1 saturated heterocycles. The normalized spacial score (nSPS) is 14.7. The molecule has 0 unspecified atom stereocenters. The number of fused-ring (bicyclic) bond motifs is 1. The highest BCUT2D eigenvalue weighted by Crippen LogP contribution is 2.30. The molecular weight excluding hydrogens is 456 g/mol. The number of hydrogen-bond donors (Lipinski definition) is 3. The number of benzene rings is 2. The van der Waals surface area contributed by atoms with Crippen molar-refractivity contribution in [3.63, 3.8) is 0 Å². The summed E-state index contributed by atoms with van der Waals surface area (Å²) in [5.41, 5.74) is 11.2. The molecule has 0 aliphatic carbocycles. The maximum Gasteiger partial charge on any atom is 0.222 e. The van der Waals surface area contributed by atoms with Crippen LogP contribution in [0, 0.1) is 0 Å². The molecule has 4 aromatic rings. The predicted molar refractivity (Wildman–Crippen MR) is 145 cm³/mol. The third kappa shape index (κ3) is 5.23. The van der Waals surface area contributed by atoms with Crippen LogP contribution in [0.25, 0.3) is 16.7 Å². The van der Waals surface area contributed by atoms with E-state index in [9.17, 15) is 5.11 Å². The van der Waals surface area contributed by atoms with E-state index >= 15 is 0 Å². The number of piperidine rings is 1. The van der Waals surface area contributed by atoms with Crippen LogP contribution in [0.3, 0.4) is 0 Å². The lowest BCUT2D eigenvalue weighted by atomic mass is 10.1. The van der Waals surface area contributed by atoms with Crippen molar-refractivity contribution in [2.45, 2.75) is 49.5 Å². The summed E-state index contributed by atoms with van der Waals surface area (Å²) >= 11 is 1.86. The lowest BCUT2D eigenvalue weighted by Gasteiger charge is -2.31. The van der Waals surface area contributed by atoms with Crippen LogP contribution in [-0.4, -0.2) is 44.1 Å².